The third-order valence-corrected chi connectivity index (χ3v) is 3.57. The summed E-state index contributed by atoms with van der Waals surface area (Å²) >= 11 is 0. The minimum atomic E-state index is -0.150. The van der Waals surface area contributed by atoms with E-state index in [1.165, 1.54) is 5.57 Å². The number of carbonyl (C=O) groups excluding carboxylic acids is 1. The molecule has 1 spiro atoms. The summed E-state index contributed by atoms with van der Waals surface area (Å²) in [4.78, 5) is 13.9. The number of carbonyl (C=O) groups is 1. The Balaban J connectivity index is 2.25. The Morgan fingerprint density at radius 1 is 1.50 bits per heavy atom. The second kappa shape index (κ2) is 4.06. The molecule has 1 saturated heterocycles. The number of likely N-dealkylation sites (tertiary alicyclic amines) is 1. The van der Waals surface area contributed by atoms with Crippen LogP contribution in [0.4, 0.5) is 0 Å². The molecule has 0 N–H and O–H groups in total. The van der Waals surface area contributed by atoms with Gasteiger partial charge < -0.3 is 9.64 Å². The van der Waals surface area contributed by atoms with E-state index in [9.17, 15) is 4.79 Å². The highest BCUT2D eigenvalue weighted by Crippen LogP contribution is 2.60. The standard InChI is InChI=1S/C13H19NO2/c1-4-10-11(6-5-9-16-3)14(2)12(15)13(10)7-8-13/h4,6H,5,7-9H2,1-3H3/b10-4+,11-6+. The molecule has 2 rings (SSSR count). The van der Waals surface area contributed by atoms with Gasteiger partial charge in [-0.3, -0.25) is 4.79 Å². The lowest BCUT2D eigenvalue weighted by molar-refractivity contribution is -0.129. The highest BCUT2D eigenvalue weighted by Gasteiger charge is 2.59. The van der Waals surface area contributed by atoms with Crippen molar-refractivity contribution in [2.75, 3.05) is 20.8 Å². The molecule has 2 fully saturated rings. The lowest BCUT2D eigenvalue weighted by Gasteiger charge is -2.10. The highest BCUT2D eigenvalue weighted by molar-refractivity contribution is 5.96. The topological polar surface area (TPSA) is 29.5 Å². The van der Waals surface area contributed by atoms with Crippen LogP contribution in [-0.2, 0) is 9.53 Å². The zero-order chi connectivity index (χ0) is 11.8. The summed E-state index contributed by atoms with van der Waals surface area (Å²) in [5.74, 6) is 0.268. The van der Waals surface area contributed by atoms with Gasteiger partial charge in [-0.25, -0.2) is 0 Å². The Hall–Kier alpha value is -1.09. The monoisotopic (exact) mass is 221 g/mol. The summed E-state index contributed by atoms with van der Waals surface area (Å²) in [6.07, 6.45) is 7.09. The predicted octanol–water partition coefficient (Wildman–Crippen LogP) is 2.11. The molecule has 0 aromatic heterocycles. The van der Waals surface area contributed by atoms with E-state index in [1.807, 2.05) is 14.0 Å². The zero-order valence-electron chi connectivity index (χ0n) is 10.2. The van der Waals surface area contributed by atoms with E-state index < -0.39 is 0 Å². The number of methoxy groups -OCH3 is 1. The van der Waals surface area contributed by atoms with Gasteiger partial charge in [0.15, 0.2) is 0 Å². The second-order valence-corrected chi connectivity index (χ2v) is 4.52. The maximum absolute atomic E-state index is 12.1. The summed E-state index contributed by atoms with van der Waals surface area (Å²) in [6.45, 7) is 2.72. The van der Waals surface area contributed by atoms with E-state index in [2.05, 4.69) is 12.2 Å². The molecule has 0 aromatic rings. The van der Waals surface area contributed by atoms with E-state index in [0.717, 1.165) is 25.0 Å². The van der Waals surface area contributed by atoms with Crippen LogP contribution >= 0.6 is 0 Å². The lowest BCUT2D eigenvalue weighted by Crippen LogP contribution is -2.22. The van der Waals surface area contributed by atoms with Crippen LogP contribution in [0.1, 0.15) is 26.2 Å². The molecule has 1 aliphatic heterocycles. The molecular formula is C13H19NO2. The predicted molar refractivity (Wildman–Crippen MR) is 62.8 cm³/mol. The number of likely N-dealkylation sites (N-methyl/N-ethyl adjacent to an activating group) is 1. The van der Waals surface area contributed by atoms with Crippen LogP contribution in [-0.4, -0.2) is 31.6 Å². The maximum atomic E-state index is 12.1. The second-order valence-electron chi connectivity index (χ2n) is 4.52. The third kappa shape index (κ3) is 1.50. The number of hydrogen-bond acceptors (Lipinski definition) is 2. The van der Waals surface area contributed by atoms with Gasteiger partial charge in [-0.2, -0.15) is 0 Å². The minimum absolute atomic E-state index is 0.150. The highest BCUT2D eigenvalue weighted by atomic mass is 16.5. The van der Waals surface area contributed by atoms with Gasteiger partial charge in [0.2, 0.25) is 5.91 Å². The number of rotatable bonds is 3. The maximum Gasteiger partial charge on any atom is 0.237 e. The van der Waals surface area contributed by atoms with Gasteiger partial charge in [0.25, 0.3) is 0 Å². The van der Waals surface area contributed by atoms with Gasteiger partial charge in [-0.1, -0.05) is 12.2 Å². The van der Waals surface area contributed by atoms with E-state index in [-0.39, 0.29) is 11.3 Å². The minimum Gasteiger partial charge on any atom is -0.384 e. The molecule has 3 nitrogen and oxygen atoms in total. The Kier molecular flexibility index (Phi) is 2.89. The molecule has 0 aromatic carbocycles. The van der Waals surface area contributed by atoms with Crippen LogP contribution in [0, 0.1) is 5.41 Å². The zero-order valence-corrected chi connectivity index (χ0v) is 10.2. The van der Waals surface area contributed by atoms with Crippen molar-refractivity contribution in [1.82, 2.24) is 4.90 Å². The molecular weight excluding hydrogens is 202 g/mol. The summed E-state index contributed by atoms with van der Waals surface area (Å²) in [5.41, 5.74) is 2.15. The fraction of sp³-hybridized carbons (Fsp3) is 0.615. The molecule has 1 heterocycles. The number of ether oxygens (including phenoxy) is 1. The van der Waals surface area contributed by atoms with E-state index >= 15 is 0 Å². The fourth-order valence-electron chi connectivity index (χ4n) is 2.56. The van der Waals surface area contributed by atoms with Gasteiger partial charge in [0.1, 0.15) is 0 Å². The van der Waals surface area contributed by atoms with Gasteiger partial charge in [-0.15, -0.1) is 0 Å². The summed E-state index contributed by atoms with van der Waals surface area (Å²) in [5, 5.41) is 0. The molecule has 0 unspecified atom stereocenters. The Labute approximate surface area is 96.8 Å². The normalized spacial score (nSPS) is 27.4. The van der Waals surface area contributed by atoms with Crippen LogP contribution in [0.15, 0.2) is 23.4 Å². The molecule has 1 aliphatic carbocycles. The molecule has 2 aliphatic rings. The molecule has 0 radical (unpaired) electrons. The first-order valence-electron chi connectivity index (χ1n) is 5.82. The van der Waals surface area contributed by atoms with Crippen molar-refractivity contribution in [3.63, 3.8) is 0 Å². The molecule has 1 saturated carbocycles. The molecule has 0 bridgehead atoms. The molecule has 1 amide bonds. The molecule has 3 heteroatoms. The lowest BCUT2D eigenvalue weighted by atomic mass is 9.96. The van der Waals surface area contributed by atoms with Gasteiger partial charge in [0, 0.05) is 26.5 Å². The van der Waals surface area contributed by atoms with E-state index in [0.29, 0.717) is 6.61 Å². The quantitative estimate of drug-likeness (QED) is 0.683. The Morgan fingerprint density at radius 2 is 2.19 bits per heavy atom. The van der Waals surface area contributed by atoms with Crippen molar-refractivity contribution in [1.29, 1.82) is 0 Å². The average Bonchev–Trinajstić information content (AvgIpc) is 3.04. The van der Waals surface area contributed by atoms with Gasteiger partial charge in [-0.05, 0) is 31.8 Å². The largest absolute Gasteiger partial charge is 0.384 e. The molecule has 0 atom stereocenters. The Morgan fingerprint density at radius 3 is 2.69 bits per heavy atom. The number of allylic oxidation sites excluding steroid dienone is 2. The van der Waals surface area contributed by atoms with Crippen LogP contribution in [0.3, 0.4) is 0 Å². The molecule has 88 valence electrons. The van der Waals surface area contributed by atoms with Crippen molar-refractivity contribution < 1.29 is 9.53 Å². The SMILES string of the molecule is C/C=C1\C(=C/CCOC)N(C)C(=O)C12CC2. The fourth-order valence-corrected chi connectivity index (χ4v) is 2.56. The first-order valence-corrected chi connectivity index (χ1v) is 5.82. The van der Waals surface area contributed by atoms with Crippen molar-refractivity contribution in [3.05, 3.63) is 23.4 Å². The van der Waals surface area contributed by atoms with Gasteiger partial charge in [0.05, 0.1) is 5.41 Å². The smallest absolute Gasteiger partial charge is 0.237 e. The number of nitrogens with zero attached hydrogens (tertiary/aromatic N) is 1. The first kappa shape index (κ1) is 11.4. The van der Waals surface area contributed by atoms with Crippen molar-refractivity contribution >= 4 is 5.91 Å². The first-order chi connectivity index (χ1) is 7.67. The third-order valence-electron chi connectivity index (χ3n) is 3.57. The Bertz CT molecular complexity index is 364. The number of hydrogen-bond donors (Lipinski definition) is 0. The average molecular weight is 221 g/mol. The summed E-state index contributed by atoms with van der Waals surface area (Å²) in [7, 11) is 3.57. The van der Waals surface area contributed by atoms with Crippen LogP contribution < -0.4 is 0 Å². The summed E-state index contributed by atoms with van der Waals surface area (Å²) < 4.78 is 5.03. The van der Waals surface area contributed by atoms with Crippen molar-refractivity contribution in [2.24, 2.45) is 5.41 Å². The molecule has 16 heavy (non-hydrogen) atoms. The van der Waals surface area contributed by atoms with Crippen LogP contribution in [0.2, 0.25) is 0 Å². The van der Waals surface area contributed by atoms with E-state index in [4.69, 9.17) is 4.74 Å². The van der Waals surface area contributed by atoms with Crippen LogP contribution in [0.25, 0.3) is 0 Å². The van der Waals surface area contributed by atoms with Gasteiger partial charge >= 0.3 is 0 Å². The van der Waals surface area contributed by atoms with Crippen molar-refractivity contribution in [3.8, 4) is 0 Å². The summed E-state index contributed by atoms with van der Waals surface area (Å²) in [6, 6.07) is 0. The van der Waals surface area contributed by atoms with Crippen LogP contribution in [0.5, 0.6) is 0 Å². The van der Waals surface area contributed by atoms with E-state index in [1.54, 1.807) is 12.0 Å². The number of amides is 1. The van der Waals surface area contributed by atoms with Crippen molar-refractivity contribution in [2.45, 2.75) is 26.2 Å².